The normalized spacial score (nSPS) is 18.7. The first-order valence-corrected chi connectivity index (χ1v) is 7.00. The van der Waals surface area contributed by atoms with Gasteiger partial charge in [0.05, 0.1) is 15.7 Å². The Kier molecular flexibility index (Phi) is 4.73. The molecular formula is C13H14Cl2N2O3. The van der Waals surface area contributed by atoms with Crippen molar-refractivity contribution >= 4 is 40.9 Å². The summed E-state index contributed by atoms with van der Waals surface area (Å²) in [6.07, 6.45) is 2.04. The van der Waals surface area contributed by atoms with Crippen LogP contribution in [0.2, 0.25) is 10.0 Å². The van der Waals surface area contributed by atoms with Crippen LogP contribution in [-0.2, 0) is 4.79 Å². The minimum atomic E-state index is -0.995. The Bertz CT molecular complexity index is 516. The number of carbonyl (C=O) groups is 2. The van der Waals surface area contributed by atoms with Crippen LogP contribution in [0.15, 0.2) is 18.2 Å². The van der Waals surface area contributed by atoms with Crippen molar-refractivity contribution in [1.82, 2.24) is 4.90 Å². The lowest BCUT2D eigenvalue weighted by Crippen LogP contribution is -2.49. The minimum Gasteiger partial charge on any atom is -0.480 e. The molecule has 0 radical (unpaired) electrons. The summed E-state index contributed by atoms with van der Waals surface area (Å²) in [5, 5.41) is 12.4. The first-order valence-electron chi connectivity index (χ1n) is 6.25. The summed E-state index contributed by atoms with van der Waals surface area (Å²) in [6.45, 7) is 0.408. The quantitative estimate of drug-likeness (QED) is 0.877. The van der Waals surface area contributed by atoms with E-state index in [1.165, 1.54) is 4.90 Å². The number of carboxylic acids is 1. The van der Waals surface area contributed by atoms with Gasteiger partial charge in [-0.3, -0.25) is 0 Å². The number of halogens is 2. The predicted molar refractivity (Wildman–Crippen MR) is 77.5 cm³/mol. The largest absolute Gasteiger partial charge is 0.480 e. The highest BCUT2D eigenvalue weighted by molar-refractivity contribution is 6.39. The number of benzene rings is 1. The predicted octanol–water partition coefficient (Wildman–Crippen LogP) is 3.46. The van der Waals surface area contributed by atoms with Gasteiger partial charge >= 0.3 is 12.0 Å². The standard InChI is InChI=1S/C13H14Cl2N2O3/c14-8-4-3-5-9(15)11(8)16-13(20)17-7-2-1-6-10(17)12(18)19/h3-5,10H,1-2,6-7H2,(H,16,20)(H,18,19). The van der Waals surface area contributed by atoms with Crippen LogP contribution in [0, 0.1) is 0 Å². The molecule has 0 bridgehead atoms. The van der Waals surface area contributed by atoms with Gasteiger partial charge in [0, 0.05) is 6.54 Å². The molecule has 2 rings (SSSR count). The smallest absolute Gasteiger partial charge is 0.326 e. The maximum absolute atomic E-state index is 12.2. The molecule has 0 saturated carbocycles. The van der Waals surface area contributed by atoms with Crippen LogP contribution in [0.1, 0.15) is 19.3 Å². The Morgan fingerprint density at radius 1 is 1.25 bits per heavy atom. The summed E-state index contributed by atoms with van der Waals surface area (Å²) < 4.78 is 0. The molecule has 2 N–H and O–H groups in total. The molecule has 108 valence electrons. The van der Waals surface area contributed by atoms with Gasteiger partial charge < -0.3 is 15.3 Å². The summed E-state index contributed by atoms with van der Waals surface area (Å²) in [4.78, 5) is 24.7. The summed E-state index contributed by atoms with van der Waals surface area (Å²) in [6, 6.07) is 3.58. The third-order valence-electron chi connectivity index (χ3n) is 3.24. The fourth-order valence-corrected chi connectivity index (χ4v) is 2.72. The molecule has 0 aromatic heterocycles. The van der Waals surface area contributed by atoms with Crippen LogP contribution in [0.25, 0.3) is 0 Å². The highest BCUT2D eigenvalue weighted by Crippen LogP contribution is 2.30. The summed E-state index contributed by atoms with van der Waals surface area (Å²) in [5.74, 6) is -0.995. The molecule has 1 atom stereocenters. The highest BCUT2D eigenvalue weighted by atomic mass is 35.5. The zero-order valence-electron chi connectivity index (χ0n) is 10.6. The Morgan fingerprint density at radius 2 is 1.90 bits per heavy atom. The van der Waals surface area contributed by atoms with E-state index in [1.807, 2.05) is 0 Å². The molecule has 1 fully saturated rings. The second kappa shape index (κ2) is 6.33. The van der Waals surface area contributed by atoms with Crippen LogP contribution >= 0.6 is 23.2 Å². The molecule has 1 unspecified atom stereocenters. The van der Waals surface area contributed by atoms with Crippen LogP contribution < -0.4 is 5.32 Å². The average molecular weight is 317 g/mol. The maximum Gasteiger partial charge on any atom is 0.326 e. The van der Waals surface area contributed by atoms with Gasteiger partial charge in [-0.1, -0.05) is 29.3 Å². The van der Waals surface area contributed by atoms with E-state index >= 15 is 0 Å². The number of aliphatic carboxylic acids is 1. The number of nitrogens with zero attached hydrogens (tertiary/aromatic N) is 1. The zero-order valence-corrected chi connectivity index (χ0v) is 12.1. The molecule has 1 aliphatic rings. The van der Waals surface area contributed by atoms with Crippen molar-refractivity contribution in [2.45, 2.75) is 25.3 Å². The third-order valence-corrected chi connectivity index (χ3v) is 3.87. The lowest BCUT2D eigenvalue weighted by Gasteiger charge is -2.33. The van der Waals surface area contributed by atoms with Gasteiger partial charge in [-0.2, -0.15) is 0 Å². The number of nitrogens with one attached hydrogen (secondary N) is 1. The Morgan fingerprint density at radius 3 is 2.50 bits per heavy atom. The van der Waals surface area contributed by atoms with Crippen molar-refractivity contribution in [3.05, 3.63) is 28.2 Å². The summed E-state index contributed by atoms with van der Waals surface area (Å²) >= 11 is 12.0. The van der Waals surface area contributed by atoms with Crippen LogP contribution in [0.4, 0.5) is 10.5 Å². The number of likely N-dealkylation sites (tertiary alicyclic amines) is 1. The van der Waals surface area contributed by atoms with Gasteiger partial charge in [-0.05, 0) is 31.4 Å². The van der Waals surface area contributed by atoms with Gasteiger partial charge in [0.2, 0.25) is 0 Å². The van der Waals surface area contributed by atoms with Crippen LogP contribution in [0.5, 0.6) is 0 Å². The number of hydrogen-bond acceptors (Lipinski definition) is 2. The van der Waals surface area contributed by atoms with Crippen LogP contribution in [-0.4, -0.2) is 34.6 Å². The molecular weight excluding hydrogens is 303 g/mol. The number of urea groups is 1. The van der Waals surface area contributed by atoms with E-state index in [1.54, 1.807) is 18.2 Å². The molecule has 1 aromatic carbocycles. The molecule has 2 amide bonds. The third kappa shape index (κ3) is 3.16. The van der Waals surface area contributed by atoms with E-state index < -0.39 is 18.0 Å². The summed E-state index contributed by atoms with van der Waals surface area (Å²) in [7, 11) is 0. The van der Waals surface area contributed by atoms with Crippen molar-refractivity contribution in [2.75, 3.05) is 11.9 Å². The summed E-state index contributed by atoms with van der Waals surface area (Å²) in [5.41, 5.74) is 0.301. The number of amides is 2. The number of carboxylic acid groups (broad SMARTS) is 1. The fraction of sp³-hybridized carbons (Fsp3) is 0.385. The molecule has 0 spiro atoms. The molecule has 20 heavy (non-hydrogen) atoms. The molecule has 5 nitrogen and oxygen atoms in total. The van der Waals surface area contributed by atoms with Crippen molar-refractivity contribution in [2.24, 2.45) is 0 Å². The van der Waals surface area contributed by atoms with E-state index in [9.17, 15) is 9.59 Å². The number of hydrogen-bond donors (Lipinski definition) is 2. The number of anilines is 1. The van der Waals surface area contributed by atoms with Crippen LogP contribution in [0.3, 0.4) is 0 Å². The van der Waals surface area contributed by atoms with Crippen molar-refractivity contribution < 1.29 is 14.7 Å². The van der Waals surface area contributed by atoms with Gasteiger partial charge in [0.15, 0.2) is 0 Å². The first-order chi connectivity index (χ1) is 9.50. The lowest BCUT2D eigenvalue weighted by atomic mass is 10.0. The monoisotopic (exact) mass is 316 g/mol. The number of piperidine rings is 1. The number of carbonyl (C=O) groups excluding carboxylic acids is 1. The maximum atomic E-state index is 12.2. The molecule has 0 aliphatic carbocycles. The van der Waals surface area contributed by atoms with Gasteiger partial charge in [0.1, 0.15) is 6.04 Å². The van der Waals surface area contributed by atoms with E-state index in [4.69, 9.17) is 28.3 Å². The first kappa shape index (κ1) is 14.9. The SMILES string of the molecule is O=C(O)C1CCCCN1C(=O)Nc1c(Cl)cccc1Cl. The van der Waals surface area contributed by atoms with Gasteiger partial charge in [-0.15, -0.1) is 0 Å². The molecule has 1 saturated heterocycles. The number of rotatable bonds is 2. The average Bonchev–Trinajstić information content (AvgIpc) is 2.43. The van der Waals surface area contributed by atoms with Gasteiger partial charge in [-0.25, -0.2) is 9.59 Å². The Labute approximate surface area is 126 Å². The Hall–Kier alpha value is -1.46. The van der Waals surface area contributed by atoms with Gasteiger partial charge in [0.25, 0.3) is 0 Å². The minimum absolute atomic E-state index is 0.301. The number of para-hydroxylation sites is 1. The zero-order chi connectivity index (χ0) is 14.7. The van der Waals surface area contributed by atoms with E-state index in [0.29, 0.717) is 28.7 Å². The second-order valence-corrected chi connectivity index (χ2v) is 5.38. The molecule has 1 heterocycles. The second-order valence-electron chi connectivity index (χ2n) is 4.57. The van der Waals surface area contributed by atoms with E-state index in [2.05, 4.69) is 5.32 Å². The van der Waals surface area contributed by atoms with E-state index in [-0.39, 0.29) is 0 Å². The fourth-order valence-electron chi connectivity index (χ4n) is 2.23. The van der Waals surface area contributed by atoms with Crippen molar-refractivity contribution in [3.63, 3.8) is 0 Å². The molecule has 1 aromatic rings. The molecule has 7 heteroatoms. The topological polar surface area (TPSA) is 69.6 Å². The Balaban J connectivity index is 2.16. The van der Waals surface area contributed by atoms with Crippen molar-refractivity contribution in [3.8, 4) is 0 Å². The lowest BCUT2D eigenvalue weighted by molar-refractivity contribution is -0.143. The van der Waals surface area contributed by atoms with E-state index in [0.717, 1.165) is 12.8 Å². The van der Waals surface area contributed by atoms with Crippen molar-refractivity contribution in [1.29, 1.82) is 0 Å². The highest BCUT2D eigenvalue weighted by Gasteiger charge is 2.32. The molecule has 1 aliphatic heterocycles.